The van der Waals surface area contributed by atoms with Crippen LogP contribution in [0.25, 0.3) is 0 Å². The van der Waals surface area contributed by atoms with Crippen molar-refractivity contribution in [3.8, 4) is 0 Å². The van der Waals surface area contributed by atoms with Crippen molar-refractivity contribution in [1.82, 2.24) is 5.32 Å². The Morgan fingerprint density at radius 2 is 1.62 bits per heavy atom. The first kappa shape index (κ1) is 18.9. The minimum atomic E-state index is -1.02. The quantitative estimate of drug-likeness (QED) is 0.730. The number of fused-ring (bicyclic) bond motifs is 1. The molecule has 146 valence electrons. The second kappa shape index (κ2) is 7.55. The van der Waals surface area contributed by atoms with Crippen LogP contribution in [0.3, 0.4) is 0 Å². The molecule has 0 saturated heterocycles. The van der Waals surface area contributed by atoms with Crippen LogP contribution in [0.1, 0.15) is 34.0 Å². The van der Waals surface area contributed by atoms with Gasteiger partial charge < -0.3 is 5.32 Å². The minimum Gasteiger partial charge on any atom is -0.350 e. The van der Waals surface area contributed by atoms with Gasteiger partial charge >= 0.3 is 0 Å². The Hall–Kier alpha value is -3.40. The normalized spacial score (nSPS) is 18.3. The van der Waals surface area contributed by atoms with Crippen LogP contribution in [0.15, 0.2) is 78.9 Å². The Bertz CT molecular complexity index is 1040. The number of hydrogen-bond acceptors (Lipinski definition) is 2. The summed E-state index contributed by atoms with van der Waals surface area (Å²) in [5.74, 6) is -0.308. The van der Waals surface area contributed by atoms with Crippen molar-refractivity contribution in [2.24, 2.45) is 0 Å². The minimum absolute atomic E-state index is 0.145. The van der Waals surface area contributed by atoms with E-state index in [0.717, 1.165) is 22.4 Å². The maximum Gasteiger partial charge on any atom is 0.259 e. The molecule has 29 heavy (non-hydrogen) atoms. The first-order chi connectivity index (χ1) is 14.0. The first-order valence-corrected chi connectivity index (χ1v) is 9.80. The van der Waals surface area contributed by atoms with Gasteiger partial charge in [-0.15, -0.1) is 0 Å². The molecule has 1 unspecified atom stereocenters. The third kappa shape index (κ3) is 3.54. The van der Waals surface area contributed by atoms with Crippen LogP contribution in [0.4, 0.5) is 5.69 Å². The molecule has 0 radical (unpaired) electrons. The van der Waals surface area contributed by atoms with Crippen LogP contribution >= 0.6 is 0 Å². The topological polar surface area (TPSA) is 49.4 Å². The standard InChI is InChI=1S/C25H24N2O2/c1-18-12-14-21(15-13-18)27-23(28)22-11-7-6-10-20(22)16-25(27,2)24(29)26-17-19-8-4-3-5-9-19/h3-15H,16-17H2,1-2H3,(H,26,29). The molecule has 0 fully saturated rings. The fraction of sp³-hybridized carbons (Fsp3) is 0.200. The SMILES string of the molecule is Cc1ccc(N2C(=O)c3ccccc3CC2(C)C(=O)NCc2ccccc2)cc1. The fourth-order valence-corrected chi connectivity index (χ4v) is 3.92. The van der Waals surface area contributed by atoms with Gasteiger partial charge in [0.05, 0.1) is 0 Å². The van der Waals surface area contributed by atoms with Gasteiger partial charge in [-0.3, -0.25) is 14.5 Å². The average Bonchev–Trinajstić information content (AvgIpc) is 2.74. The smallest absolute Gasteiger partial charge is 0.259 e. The molecule has 1 aliphatic rings. The van der Waals surface area contributed by atoms with E-state index in [1.54, 1.807) is 4.90 Å². The highest BCUT2D eigenvalue weighted by molar-refractivity contribution is 6.14. The highest BCUT2D eigenvalue weighted by atomic mass is 16.2. The predicted octanol–water partition coefficient (Wildman–Crippen LogP) is 4.27. The van der Waals surface area contributed by atoms with Crippen LogP contribution in [0.2, 0.25) is 0 Å². The predicted molar refractivity (Wildman–Crippen MR) is 115 cm³/mol. The van der Waals surface area contributed by atoms with Crippen LogP contribution in [-0.2, 0) is 17.8 Å². The summed E-state index contributed by atoms with van der Waals surface area (Å²) in [5.41, 5.74) is 3.39. The molecular formula is C25H24N2O2. The summed E-state index contributed by atoms with van der Waals surface area (Å²) in [6.45, 7) is 4.27. The van der Waals surface area contributed by atoms with Gasteiger partial charge in [-0.25, -0.2) is 0 Å². The van der Waals surface area contributed by atoms with Crippen molar-refractivity contribution in [3.63, 3.8) is 0 Å². The third-order valence-corrected chi connectivity index (χ3v) is 5.56. The molecule has 4 rings (SSSR count). The average molecular weight is 384 g/mol. The largest absolute Gasteiger partial charge is 0.350 e. The molecule has 0 aromatic heterocycles. The lowest BCUT2D eigenvalue weighted by Gasteiger charge is -2.44. The summed E-state index contributed by atoms with van der Waals surface area (Å²) >= 11 is 0. The molecule has 0 spiro atoms. The van der Waals surface area contributed by atoms with E-state index in [0.29, 0.717) is 18.5 Å². The van der Waals surface area contributed by atoms with Gasteiger partial charge in [0.1, 0.15) is 5.54 Å². The number of rotatable bonds is 4. The number of benzene rings is 3. The molecule has 2 amide bonds. The first-order valence-electron chi connectivity index (χ1n) is 9.80. The fourth-order valence-electron chi connectivity index (χ4n) is 3.92. The summed E-state index contributed by atoms with van der Waals surface area (Å²) in [5, 5.41) is 3.04. The summed E-state index contributed by atoms with van der Waals surface area (Å²) in [6, 6.07) is 25.1. The number of amides is 2. The Morgan fingerprint density at radius 3 is 2.34 bits per heavy atom. The van der Waals surface area contributed by atoms with E-state index < -0.39 is 5.54 Å². The van der Waals surface area contributed by atoms with Crippen molar-refractivity contribution in [2.75, 3.05) is 4.90 Å². The van der Waals surface area contributed by atoms with E-state index in [4.69, 9.17) is 0 Å². The van der Waals surface area contributed by atoms with Gasteiger partial charge in [0.15, 0.2) is 0 Å². The number of anilines is 1. The van der Waals surface area contributed by atoms with E-state index >= 15 is 0 Å². The zero-order chi connectivity index (χ0) is 20.4. The van der Waals surface area contributed by atoms with E-state index in [1.165, 1.54) is 0 Å². The van der Waals surface area contributed by atoms with E-state index in [1.807, 2.05) is 92.7 Å². The zero-order valence-electron chi connectivity index (χ0n) is 16.7. The lowest BCUT2D eigenvalue weighted by atomic mass is 9.82. The van der Waals surface area contributed by atoms with Gasteiger partial charge in [0, 0.05) is 24.2 Å². The van der Waals surface area contributed by atoms with Gasteiger partial charge in [0.2, 0.25) is 5.91 Å². The number of carbonyl (C=O) groups excluding carboxylic acids is 2. The number of aryl methyl sites for hydroxylation is 1. The van der Waals surface area contributed by atoms with Crippen molar-refractivity contribution in [1.29, 1.82) is 0 Å². The third-order valence-electron chi connectivity index (χ3n) is 5.56. The highest BCUT2D eigenvalue weighted by Gasteiger charge is 2.47. The Labute approximate surface area is 171 Å². The molecule has 0 aliphatic carbocycles. The van der Waals surface area contributed by atoms with Crippen LogP contribution in [0.5, 0.6) is 0 Å². The lowest BCUT2D eigenvalue weighted by Crippen LogP contribution is -2.63. The Balaban J connectivity index is 1.71. The number of carbonyl (C=O) groups is 2. The maximum atomic E-state index is 13.4. The molecule has 1 atom stereocenters. The second-order valence-electron chi connectivity index (χ2n) is 7.75. The Kier molecular flexibility index (Phi) is 4.93. The molecular weight excluding hydrogens is 360 g/mol. The monoisotopic (exact) mass is 384 g/mol. The van der Waals surface area contributed by atoms with Crippen molar-refractivity contribution >= 4 is 17.5 Å². The molecule has 1 heterocycles. The Morgan fingerprint density at radius 1 is 0.966 bits per heavy atom. The molecule has 3 aromatic rings. The molecule has 0 saturated carbocycles. The summed E-state index contributed by atoms with van der Waals surface area (Å²) in [7, 11) is 0. The molecule has 1 aliphatic heterocycles. The molecule has 3 aromatic carbocycles. The lowest BCUT2D eigenvalue weighted by molar-refractivity contribution is -0.126. The number of hydrogen-bond donors (Lipinski definition) is 1. The summed E-state index contributed by atoms with van der Waals surface area (Å²) in [6.07, 6.45) is 0.462. The van der Waals surface area contributed by atoms with Gasteiger partial charge in [-0.05, 0) is 43.2 Å². The zero-order valence-corrected chi connectivity index (χ0v) is 16.7. The molecule has 0 bridgehead atoms. The van der Waals surface area contributed by atoms with Crippen molar-refractivity contribution in [2.45, 2.75) is 32.4 Å². The highest BCUT2D eigenvalue weighted by Crippen LogP contribution is 2.35. The van der Waals surface area contributed by atoms with E-state index in [2.05, 4.69) is 5.32 Å². The maximum absolute atomic E-state index is 13.4. The van der Waals surface area contributed by atoms with Crippen molar-refractivity contribution in [3.05, 3.63) is 101 Å². The molecule has 1 N–H and O–H groups in total. The summed E-state index contributed by atoms with van der Waals surface area (Å²) in [4.78, 5) is 28.5. The van der Waals surface area contributed by atoms with Crippen LogP contribution in [0, 0.1) is 6.92 Å². The van der Waals surface area contributed by atoms with Crippen LogP contribution in [-0.4, -0.2) is 17.4 Å². The molecule has 4 nitrogen and oxygen atoms in total. The van der Waals surface area contributed by atoms with Crippen LogP contribution < -0.4 is 10.2 Å². The second-order valence-corrected chi connectivity index (χ2v) is 7.75. The van der Waals surface area contributed by atoms with E-state index in [9.17, 15) is 9.59 Å². The summed E-state index contributed by atoms with van der Waals surface area (Å²) < 4.78 is 0. The van der Waals surface area contributed by atoms with E-state index in [-0.39, 0.29) is 11.8 Å². The van der Waals surface area contributed by atoms with Crippen molar-refractivity contribution < 1.29 is 9.59 Å². The molecule has 4 heteroatoms. The number of nitrogens with zero attached hydrogens (tertiary/aromatic N) is 1. The van der Waals surface area contributed by atoms with Gasteiger partial charge in [-0.2, -0.15) is 0 Å². The number of nitrogens with one attached hydrogen (secondary N) is 1. The van der Waals surface area contributed by atoms with Gasteiger partial charge in [0.25, 0.3) is 5.91 Å². The van der Waals surface area contributed by atoms with Gasteiger partial charge in [-0.1, -0.05) is 66.2 Å².